The number of H-pyrrole nitrogens is 1. The van der Waals surface area contributed by atoms with Gasteiger partial charge in [0.1, 0.15) is 5.69 Å². The van der Waals surface area contributed by atoms with E-state index in [1.165, 1.54) is 0 Å². The largest absolute Gasteiger partial charge is 0.361 e. The molecule has 3 heterocycles. The Morgan fingerprint density at radius 2 is 2.00 bits per heavy atom. The third-order valence-electron chi connectivity index (χ3n) is 4.10. The van der Waals surface area contributed by atoms with Crippen molar-refractivity contribution in [1.82, 2.24) is 19.9 Å². The van der Waals surface area contributed by atoms with Gasteiger partial charge in [0.05, 0.1) is 18.1 Å². The van der Waals surface area contributed by atoms with Gasteiger partial charge in [0.25, 0.3) is 5.91 Å². The first-order valence-corrected chi connectivity index (χ1v) is 7.50. The summed E-state index contributed by atoms with van der Waals surface area (Å²) in [6.07, 6.45) is 7.31. The van der Waals surface area contributed by atoms with Crippen LogP contribution in [-0.2, 0) is 0 Å². The van der Waals surface area contributed by atoms with E-state index in [1.807, 2.05) is 29.3 Å². The van der Waals surface area contributed by atoms with Gasteiger partial charge in [-0.05, 0) is 31.0 Å². The highest BCUT2D eigenvalue weighted by Gasteiger charge is 2.21. The Kier molecular flexibility index (Phi) is 3.11. The fourth-order valence-corrected chi connectivity index (χ4v) is 2.90. The lowest BCUT2D eigenvalue weighted by atomic mass is 10.1. The Morgan fingerprint density at radius 3 is 2.86 bits per heavy atom. The summed E-state index contributed by atoms with van der Waals surface area (Å²) in [4.78, 5) is 26.2. The molecule has 1 saturated heterocycles. The van der Waals surface area contributed by atoms with Crippen molar-refractivity contribution in [3.05, 3.63) is 48.5 Å². The number of benzene rings is 1. The van der Waals surface area contributed by atoms with Crippen LogP contribution in [0.4, 0.5) is 0 Å². The first-order valence-electron chi connectivity index (χ1n) is 7.50. The third-order valence-corrected chi connectivity index (χ3v) is 4.10. The maximum absolute atomic E-state index is 12.4. The van der Waals surface area contributed by atoms with Crippen molar-refractivity contribution in [3.8, 4) is 11.3 Å². The number of fused-ring (bicyclic) bond motifs is 1. The van der Waals surface area contributed by atoms with Gasteiger partial charge in [0, 0.05) is 35.8 Å². The summed E-state index contributed by atoms with van der Waals surface area (Å²) in [5, 5.41) is 1.12. The summed E-state index contributed by atoms with van der Waals surface area (Å²) in [7, 11) is 0. The smallest absolute Gasteiger partial charge is 0.274 e. The number of aromatic nitrogens is 3. The normalized spacial score (nSPS) is 14.6. The number of rotatable bonds is 2. The second kappa shape index (κ2) is 5.26. The van der Waals surface area contributed by atoms with Crippen molar-refractivity contribution in [2.45, 2.75) is 12.8 Å². The summed E-state index contributed by atoms with van der Waals surface area (Å²) < 4.78 is 0. The SMILES string of the molecule is O=C(c1cncc(-c2ccc3[nH]ccc3c2)n1)N1CCCC1. The van der Waals surface area contributed by atoms with Crippen molar-refractivity contribution < 1.29 is 4.79 Å². The predicted octanol–water partition coefficient (Wildman–Crippen LogP) is 2.86. The van der Waals surface area contributed by atoms with Gasteiger partial charge in [0.2, 0.25) is 0 Å². The molecule has 1 amide bonds. The minimum atomic E-state index is -0.0189. The summed E-state index contributed by atoms with van der Waals surface area (Å²) in [5.74, 6) is -0.0189. The van der Waals surface area contributed by atoms with E-state index in [0.29, 0.717) is 5.69 Å². The summed E-state index contributed by atoms with van der Waals surface area (Å²) in [6.45, 7) is 1.64. The molecule has 0 radical (unpaired) electrons. The molecule has 1 aliphatic heterocycles. The molecule has 2 aromatic heterocycles. The fraction of sp³-hybridized carbons (Fsp3) is 0.235. The van der Waals surface area contributed by atoms with Crippen molar-refractivity contribution >= 4 is 16.8 Å². The van der Waals surface area contributed by atoms with Crippen LogP contribution in [0.1, 0.15) is 23.3 Å². The Balaban J connectivity index is 1.69. The first kappa shape index (κ1) is 13.0. The molecule has 1 aliphatic rings. The second-order valence-corrected chi connectivity index (χ2v) is 5.57. The maximum Gasteiger partial charge on any atom is 0.274 e. The molecule has 0 atom stereocenters. The van der Waals surface area contributed by atoms with Gasteiger partial charge in [-0.3, -0.25) is 9.78 Å². The average Bonchev–Trinajstić information content (AvgIpc) is 3.25. The number of likely N-dealkylation sites (tertiary alicyclic amines) is 1. The molecule has 0 bridgehead atoms. The lowest BCUT2D eigenvalue weighted by Crippen LogP contribution is -2.28. The van der Waals surface area contributed by atoms with Gasteiger partial charge in [-0.15, -0.1) is 0 Å². The van der Waals surface area contributed by atoms with E-state index in [2.05, 4.69) is 21.0 Å². The number of hydrogen-bond acceptors (Lipinski definition) is 3. The molecule has 0 aliphatic carbocycles. The number of hydrogen-bond donors (Lipinski definition) is 1. The van der Waals surface area contributed by atoms with E-state index < -0.39 is 0 Å². The zero-order chi connectivity index (χ0) is 14.9. The summed E-state index contributed by atoms with van der Waals surface area (Å²) in [5.41, 5.74) is 3.21. The van der Waals surface area contributed by atoms with Crippen molar-refractivity contribution in [2.75, 3.05) is 13.1 Å². The molecule has 5 nitrogen and oxygen atoms in total. The Bertz CT molecular complexity index is 833. The zero-order valence-corrected chi connectivity index (χ0v) is 12.1. The van der Waals surface area contributed by atoms with E-state index in [9.17, 15) is 4.79 Å². The van der Waals surface area contributed by atoms with Crippen LogP contribution >= 0.6 is 0 Å². The lowest BCUT2D eigenvalue weighted by molar-refractivity contribution is 0.0786. The van der Waals surface area contributed by atoms with Gasteiger partial charge >= 0.3 is 0 Å². The van der Waals surface area contributed by atoms with E-state index >= 15 is 0 Å². The molecule has 3 aromatic rings. The van der Waals surface area contributed by atoms with Crippen LogP contribution in [0.2, 0.25) is 0 Å². The molecule has 0 saturated carbocycles. The molecule has 1 aromatic carbocycles. The Labute approximate surface area is 128 Å². The van der Waals surface area contributed by atoms with Crippen LogP contribution in [0, 0.1) is 0 Å². The molecule has 1 fully saturated rings. The third kappa shape index (κ3) is 2.24. The van der Waals surface area contributed by atoms with Crippen molar-refractivity contribution in [3.63, 3.8) is 0 Å². The standard InChI is InChI=1S/C17H16N4O/c22-17(21-7-1-2-8-21)16-11-18-10-15(20-16)12-3-4-14-13(9-12)5-6-19-14/h3-6,9-11,19H,1-2,7-8H2. The van der Waals surface area contributed by atoms with E-state index in [1.54, 1.807) is 12.4 Å². The van der Waals surface area contributed by atoms with Crippen molar-refractivity contribution in [1.29, 1.82) is 0 Å². The Hall–Kier alpha value is -2.69. The highest BCUT2D eigenvalue weighted by molar-refractivity contribution is 5.93. The van der Waals surface area contributed by atoms with E-state index in [4.69, 9.17) is 0 Å². The molecule has 22 heavy (non-hydrogen) atoms. The predicted molar refractivity (Wildman–Crippen MR) is 84.5 cm³/mol. The molecule has 0 unspecified atom stereocenters. The van der Waals surface area contributed by atoms with Crippen LogP contribution in [-0.4, -0.2) is 38.8 Å². The van der Waals surface area contributed by atoms with Gasteiger partial charge < -0.3 is 9.88 Å². The highest BCUT2D eigenvalue weighted by atomic mass is 16.2. The van der Waals surface area contributed by atoms with Gasteiger partial charge in [-0.25, -0.2) is 4.98 Å². The number of carbonyl (C=O) groups excluding carboxylic acids is 1. The molecule has 110 valence electrons. The fourth-order valence-electron chi connectivity index (χ4n) is 2.90. The van der Waals surface area contributed by atoms with E-state index in [0.717, 1.165) is 48.1 Å². The molecule has 1 N–H and O–H groups in total. The van der Waals surface area contributed by atoms with Gasteiger partial charge in [-0.1, -0.05) is 6.07 Å². The molecular weight excluding hydrogens is 276 g/mol. The Morgan fingerprint density at radius 1 is 1.14 bits per heavy atom. The summed E-state index contributed by atoms with van der Waals surface area (Å²) in [6, 6.07) is 8.08. The lowest BCUT2D eigenvalue weighted by Gasteiger charge is -2.14. The molecule has 4 rings (SSSR count). The van der Waals surface area contributed by atoms with Crippen LogP contribution in [0.15, 0.2) is 42.9 Å². The zero-order valence-electron chi connectivity index (χ0n) is 12.1. The molecular formula is C17H16N4O. The van der Waals surface area contributed by atoms with Crippen molar-refractivity contribution in [2.24, 2.45) is 0 Å². The second-order valence-electron chi connectivity index (χ2n) is 5.57. The quantitative estimate of drug-likeness (QED) is 0.790. The van der Waals surface area contributed by atoms with E-state index in [-0.39, 0.29) is 5.91 Å². The summed E-state index contributed by atoms with van der Waals surface area (Å²) >= 11 is 0. The maximum atomic E-state index is 12.4. The van der Waals surface area contributed by atoms with Crippen LogP contribution in [0.3, 0.4) is 0 Å². The van der Waals surface area contributed by atoms with Gasteiger partial charge in [-0.2, -0.15) is 0 Å². The monoisotopic (exact) mass is 292 g/mol. The topological polar surface area (TPSA) is 61.9 Å². The van der Waals surface area contributed by atoms with Crippen LogP contribution in [0.5, 0.6) is 0 Å². The number of amides is 1. The minimum Gasteiger partial charge on any atom is -0.361 e. The number of nitrogens with zero attached hydrogens (tertiary/aromatic N) is 3. The van der Waals surface area contributed by atoms with Gasteiger partial charge in [0.15, 0.2) is 0 Å². The number of carbonyl (C=O) groups is 1. The first-order chi connectivity index (χ1) is 10.8. The minimum absolute atomic E-state index is 0.0189. The number of aromatic amines is 1. The molecule has 5 heteroatoms. The molecule has 0 spiro atoms. The average molecular weight is 292 g/mol. The van der Waals surface area contributed by atoms with Crippen LogP contribution in [0.25, 0.3) is 22.2 Å². The van der Waals surface area contributed by atoms with Crippen LogP contribution < -0.4 is 0 Å². The number of nitrogens with one attached hydrogen (secondary N) is 1. The highest BCUT2D eigenvalue weighted by Crippen LogP contribution is 2.22.